The molecule has 3 rings (SSSR count). The fourth-order valence-electron chi connectivity index (χ4n) is 3.00. The largest absolute Gasteiger partial charge is 1.00 e. The first-order chi connectivity index (χ1) is 17.7. The molecule has 198 valence electrons. The van der Waals surface area contributed by atoms with Crippen molar-refractivity contribution >= 4 is 67.9 Å². The van der Waals surface area contributed by atoms with E-state index in [9.17, 15) is 28.8 Å². The third kappa shape index (κ3) is 10.8. The summed E-state index contributed by atoms with van der Waals surface area (Å²) in [5.74, 6) is -0.950. The Hall–Kier alpha value is -0.840. The molecule has 0 aliphatic rings. The maximum Gasteiger partial charge on any atom is 1.00 e. The van der Waals surface area contributed by atoms with Gasteiger partial charge in [-0.1, -0.05) is 0 Å². The number of carbonyl (C=O) groups is 1. The van der Waals surface area contributed by atoms with Crippen LogP contribution in [0.5, 0.6) is 5.75 Å². The van der Waals surface area contributed by atoms with Gasteiger partial charge in [0, 0.05) is 18.0 Å². The van der Waals surface area contributed by atoms with Crippen molar-refractivity contribution < 1.29 is 111 Å². The normalized spacial score (nSPS) is 11.3. The van der Waals surface area contributed by atoms with E-state index in [1.54, 1.807) is 24.3 Å². The Bertz CT molecular complexity index is 1380. The van der Waals surface area contributed by atoms with Crippen molar-refractivity contribution in [2.75, 3.05) is 17.7 Å². The molecule has 0 bridgehead atoms. The average molecular weight is 618 g/mol. The Morgan fingerprint density at radius 2 is 1.72 bits per heavy atom. The Morgan fingerprint density at radius 3 is 2.36 bits per heavy atom. The monoisotopic (exact) mass is 617 g/mol. The van der Waals surface area contributed by atoms with Gasteiger partial charge in [-0.05, 0) is 53.9 Å². The minimum absolute atomic E-state index is 0. The van der Waals surface area contributed by atoms with Crippen molar-refractivity contribution in [2.45, 2.75) is 16.7 Å². The number of phenolic OH excluding ortho intramolecular Hbond substituents is 1. The molecule has 3 aromatic rings. The number of carbonyl (C=O) groups excluding carboxylic acids is 1. The maximum absolute atomic E-state index is 12.4. The average Bonchev–Trinajstić information content (AvgIpc) is 2.86. The number of fused-ring (bicyclic) bond motifs is 1. The van der Waals surface area contributed by atoms with E-state index in [0.29, 0.717) is 28.5 Å². The third-order valence-electron chi connectivity index (χ3n) is 4.52. The Morgan fingerprint density at radius 1 is 1.03 bits per heavy atom. The van der Waals surface area contributed by atoms with Crippen molar-refractivity contribution in [3.8, 4) is 5.75 Å². The standard InChI is InChI=1S/C20H19N3O11S3.2Na/c1-12(24)21-15-4-7-17-13(10-15)11-18(35-33-31-26)19(20(17)25)23-22-14-2-5-16(6-3-14)37(28,29)9-8-30-36-34-32-27;;/h2-7,10-11,25-27H,8-9H2,1H3,(H,21,24);;/q;2*+1/p-2. The molecule has 0 heterocycles. The Labute approximate surface area is 275 Å². The molecule has 0 atom stereocenters. The molecular formula is C20H17N3Na2O11S3. The maximum atomic E-state index is 12.4. The molecule has 0 aromatic heterocycles. The van der Waals surface area contributed by atoms with Crippen LogP contribution in [0.15, 0.2) is 68.6 Å². The summed E-state index contributed by atoms with van der Waals surface area (Å²) >= 11 is 0.694. The van der Waals surface area contributed by atoms with E-state index in [0.717, 1.165) is 0 Å². The summed E-state index contributed by atoms with van der Waals surface area (Å²) in [6.07, 6.45) is 0. The smallest absolute Gasteiger partial charge is 0.691 e. The van der Waals surface area contributed by atoms with Crippen molar-refractivity contribution in [1.29, 1.82) is 0 Å². The van der Waals surface area contributed by atoms with Crippen molar-refractivity contribution in [3.05, 3.63) is 48.5 Å². The van der Waals surface area contributed by atoms with Crippen LogP contribution in [-0.4, -0.2) is 31.8 Å². The van der Waals surface area contributed by atoms with E-state index >= 15 is 0 Å². The molecule has 19 heteroatoms. The van der Waals surface area contributed by atoms with Crippen molar-refractivity contribution in [2.24, 2.45) is 10.2 Å². The second-order valence-electron chi connectivity index (χ2n) is 6.95. The molecule has 0 aliphatic carbocycles. The van der Waals surface area contributed by atoms with E-state index in [1.165, 1.54) is 31.2 Å². The van der Waals surface area contributed by atoms with Crippen molar-refractivity contribution in [1.82, 2.24) is 0 Å². The zero-order valence-corrected chi connectivity index (χ0v) is 27.1. The number of phenols is 1. The molecule has 0 saturated heterocycles. The minimum atomic E-state index is -3.71. The molecule has 0 unspecified atom stereocenters. The summed E-state index contributed by atoms with van der Waals surface area (Å²) < 4.78 is 37.7. The summed E-state index contributed by atoms with van der Waals surface area (Å²) in [5.41, 5.74) is 0.692. The van der Waals surface area contributed by atoms with Gasteiger partial charge in [0.05, 0.1) is 39.9 Å². The molecule has 14 nitrogen and oxygen atoms in total. The van der Waals surface area contributed by atoms with E-state index in [4.69, 9.17) is 4.18 Å². The number of amides is 1. The molecule has 3 aromatic carbocycles. The van der Waals surface area contributed by atoms with E-state index < -0.39 is 9.84 Å². The zero-order chi connectivity index (χ0) is 26.8. The number of anilines is 1. The number of hydrogen-bond acceptors (Lipinski definition) is 15. The summed E-state index contributed by atoms with van der Waals surface area (Å²) in [4.78, 5) is 11.5. The van der Waals surface area contributed by atoms with Crippen LogP contribution < -0.4 is 74.9 Å². The molecule has 2 N–H and O–H groups in total. The molecular weight excluding hydrogens is 600 g/mol. The second kappa shape index (κ2) is 17.9. The molecule has 0 saturated carbocycles. The first kappa shape index (κ1) is 36.2. The van der Waals surface area contributed by atoms with Crippen LogP contribution in [0.4, 0.5) is 17.1 Å². The van der Waals surface area contributed by atoms with Crippen LogP contribution in [0, 0.1) is 0 Å². The predicted octanol–water partition coefficient (Wildman–Crippen LogP) is -3.27. The number of nitrogens with zero attached hydrogens (tertiary/aromatic N) is 2. The van der Waals surface area contributed by atoms with Gasteiger partial charge in [0.2, 0.25) is 5.91 Å². The zero-order valence-electron chi connectivity index (χ0n) is 20.7. The van der Waals surface area contributed by atoms with Gasteiger partial charge in [-0.3, -0.25) is 19.1 Å². The first-order valence-electron chi connectivity index (χ1n) is 9.95. The number of aromatic hydroxyl groups is 1. The summed E-state index contributed by atoms with van der Waals surface area (Å²) in [6.45, 7) is 1.09. The summed E-state index contributed by atoms with van der Waals surface area (Å²) in [6, 6.07) is 11.7. The van der Waals surface area contributed by atoms with Crippen LogP contribution in [0.3, 0.4) is 0 Å². The topological polar surface area (TPSA) is 200 Å². The van der Waals surface area contributed by atoms with Gasteiger partial charge in [-0.25, -0.2) is 8.42 Å². The molecule has 0 aliphatic heterocycles. The van der Waals surface area contributed by atoms with Gasteiger partial charge >= 0.3 is 59.1 Å². The van der Waals surface area contributed by atoms with Gasteiger partial charge < -0.3 is 20.9 Å². The summed E-state index contributed by atoms with van der Waals surface area (Å²) in [7, 11) is -3.71. The van der Waals surface area contributed by atoms with Crippen molar-refractivity contribution in [3.63, 3.8) is 0 Å². The van der Waals surface area contributed by atoms with Crippen LogP contribution in [0.2, 0.25) is 0 Å². The number of azo groups is 1. The number of nitrogens with one attached hydrogen (secondary N) is 1. The fourth-order valence-corrected chi connectivity index (χ4v) is 4.90. The number of sulfone groups is 1. The number of rotatable bonds is 13. The quantitative estimate of drug-likeness (QED) is 0.0484. The number of benzene rings is 3. The van der Waals surface area contributed by atoms with Crippen LogP contribution >= 0.6 is 24.4 Å². The van der Waals surface area contributed by atoms with E-state index in [2.05, 4.69) is 34.3 Å². The van der Waals surface area contributed by atoms with E-state index in [-0.39, 0.29) is 117 Å². The predicted molar refractivity (Wildman–Crippen MR) is 126 cm³/mol. The molecule has 39 heavy (non-hydrogen) atoms. The van der Waals surface area contributed by atoms with E-state index in [1.807, 2.05) is 0 Å². The SMILES string of the molecule is CC(=O)Nc1ccc2c(O)c(N=Nc3ccc(S(=O)(=O)CCOSOO[O-])cc3)c(SOO[O-])cc2c1.[Na+].[Na+]. The Kier molecular flexibility index (Phi) is 16.6. The molecule has 0 radical (unpaired) electrons. The van der Waals surface area contributed by atoms with Gasteiger partial charge in [0.15, 0.2) is 27.9 Å². The number of hydrogen-bond donors (Lipinski definition) is 2. The van der Waals surface area contributed by atoms with Gasteiger partial charge in [-0.2, -0.15) is 9.45 Å². The molecule has 0 spiro atoms. The van der Waals surface area contributed by atoms with Crippen LogP contribution in [0.1, 0.15) is 6.92 Å². The second-order valence-corrected chi connectivity index (χ2v) is 10.3. The van der Waals surface area contributed by atoms with Crippen LogP contribution in [0.25, 0.3) is 10.8 Å². The van der Waals surface area contributed by atoms with Gasteiger partial charge in [-0.15, -0.1) is 9.45 Å². The molecule has 0 fully saturated rings. The van der Waals surface area contributed by atoms with Gasteiger partial charge in [0.25, 0.3) is 0 Å². The van der Waals surface area contributed by atoms with Crippen LogP contribution in [-0.2, 0) is 37.6 Å². The third-order valence-corrected chi connectivity index (χ3v) is 7.21. The van der Waals surface area contributed by atoms with Gasteiger partial charge in [0.1, 0.15) is 5.69 Å². The fraction of sp³-hybridized carbons (Fsp3) is 0.150. The summed E-state index contributed by atoms with van der Waals surface area (Å²) in [5, 5.41) is 48.9. The minimum Gasteiger partial charge on any atom is -0.691 e. The molecule has 1 amide bonds. The Balaban J connectivity index is 0.00000380. The first-order valence-corrected chi connectivity index (χ1v) is 13.0.